The maximum atomic E-state index is 13.1. The van der Waals surface area contributed by atoms with Crippen molar-refractivity contribution in [2.24, 2.45) is 5.92 Å². The number of ether oxygens (including phenoxy) is 2. The van der Waals surface area contributed by atoms with Crippen LogP contribution in [0.25, 0.3) is 0 Å². The lowest BCUT2D eigenvalue weighted by molar-refractivity contribution is -0.0704. The SMILES string of the molecule is CC1CN(Cc2ccc(C(=O)N3CCCC(COc4ccccc4)C3)cc2)CC(C)O1. The fraction of sp³-hybridized carbons (Fsp3) is 0.500. The quantitative estimate of drug-likeness (QED) is 0.699. The number of hydrogen-bond donors (Lipinski definition) is 0. The molecule has 0 spiro atoms. The maximum absolute atomic E-state index is 13.1. The predicted octanol–water partition coefficient (Wildman–Crippen LogP) is 4.23. The summed E-state index contributed by atoms with van der Waals surface area (Å²) in [6.07, 6.45) is 2.66. The molecule has 2 aliphatic heterocycles. The number of piperidine rings is 1. The van der Waals surface area contributed by atoms with Crippen molar-refractivity contribution in [2.45, 2.75) is 45.4 Å². The maximum Gasteiger partial charge on any atom is 0.253 e. The van der Waals surface area contributed by atoms with Gasteiger partial charge >= 0.3 is 0 Å². The minimum atomic E-state index is 0.129. The van der Waals surface area contributed by atoms with Crippen LogP contribution in [0.4, 0.5) is 0 Å². The number of carbonyl (C=O) groups excluding carboxylic acids is 1. The molecule has 0 aliphatic carbocycles. The molecule has 2 heterocycles. The zero-order valence-corrected chi connectivity index (χ0v) is 18.7. The molecule has 3 atom stereocenters. The lowest BCUT2D eigenvalue weighted by atomic mass is 9.98. The smallest absolute Gasteiger partial charge is 0.253 e. The van der Waals surface area contributed by atoms with E-state index in [1.54, 1.807) is 0 Å². The van der Waals surface area contributed by atoms with E-state index in [-0.39, 0.29) is 18.1 Å². The Labute approximate surface area is 185 Å². The Morgan fingerprint density at radius 2 is 1.71 bits per heavy atom. The molecule has 2 aliphatic rings. The highest BCUT2D eigenvalue weighted by Crippen LogP contribution is 2.21. The molecule has 166 valence electrons. The van der Waals surface area contributed by atoms with Gasteiger partial charge in [-0.05, 0) is 56.5 Å². The van der Waals surface area contributed by atoms with E-state index in [1.807, 2.05) is 47.4 Å². The first-order chi connectivity index (χ1) is 15.1. The first-order valence-corrected chi connectivity index (χ1v) is 11.5. The van der Waals surface area contributed by atoms with Gasteiger partial charge in [-0.1, -0.05) is 30.3 Å². The molecule has 2 saturated heterocycles. The van der Waals surface area contributed by atoms with Crippen LogP contribution in [0.15, 0.2) is 54.6 Å². The third kappa shape index (κ3) is 6.08. The van der Waals surface area contributed by atoms with Crippen molar-refractivity contribution in [3.05, 3.63) is 65.7 Å². The summed E-state index contributed by atoms with van der Waals surface area (Å²) in [4.78, 5) is 17.5. The van der Waals surface area contributed by atoms with Gasteiger partial charge in [-0.15, -0.1) is 0 Å². The lowest BCUT2D eigenvalue weighted by Crippen LogP contribution is -2.44. The fourth-order valence-electron chi connectivity index (χ4n) is 4.72. The van der Waals surface area contributed by atoms with Gasteiger partial charge in [-0.2, -0.15) is 0 Å². The van der Waals surface area contributed by atoms with Gasteiger partial charge in [0.25, 0.3) is 5.91 Å². The van der Waals surface area contributed by atoms with Gasteiger partial charge in [-0.3, -0.25) is 9.69 Å². The van der Waals surface area contributed by atoms with Gasteiger partial charge in [-0.25, -0.2) is 0 Å². The number of likely N-dealkylation sites (tertiary alicyclic amines) is 1. The monoisotopic (exact) mass is 422 g/mol. The summed E-state index contributed by atoms with van der Waals surface area (Å²) in [5, 5.41) is 0. The Hall–Kier alpha value is -2.37. The number of amides is 1. The molecule has 0 aromatic heterocycles. The van der Waals surface area contributed by atoms with Crippen LogP contribution in [-0.2, 0) is 11.3 Å². The number of para-hydroxylation sites is 1. The average Bonchev–Trinajstić information content (AvgIpc) is 2.78. The van der Waals surface area contributed by atoms with Crippen LogP contribution in [-0.4, -0.2) is 60.7 Å². The van der Waals surface area contributed by atoms with Crippen molar-refractivity contribution < 1.29 is 14.3 Å². The summed E-state index contributed by atoms with van der Waals surface area (Å²) in [5.74, 6) is 1.40. The number of rotatable bonds is 6. The molecule has 1 amide bonds. The third-order valence-electron chi connectivity index (χ3n) is 6.14. The highest BCUT2D eigenvalue weighted by molar-refractivity contribution is 5.94. The summed E-state index contributed by atoms with van der Waals surface area (Å²) in [6, 6.07) is 18.1. The molecule has 2 aromatic carbocycles. The molecule has 4 rings (SSSR count). The fourth-order valence-corrected chi connectivity index (χ4v) is 4.72. The standard InChI is InChI=1S/C26H34N2O3/c1-20-15-27(16-21(2)31-20)17-22-10-12-24(13-11-22)26(29)28-14-6-7-23(18-28)19-30-25-8-4-3-5-9-25/h3-5,8-13,20-21,23H,6-7,14-19H2,1-2H3. The number of morpholine rings is 1. The molecule has 3 unspecified atom stereocenters. The average molecular weight is 423 g/mol. The van der Waals surface area contributed by atoms with E-state index < -0.39 is 0 Å². The Balaban J connectivity index is 1.30. The van der Waals surface area contributed by atoms with Crippen molar-refractivity contribution in [1.29, 1.82) is 0 Å². The van der Waals surface area contributed by atoms with E-state index in [0.717, 1.165) is 56.9 Å². The molecular formula is C26H34N2O3. The highest BCUT2D eigenvalue weighted by atomic mass is 16.5. The van der Waals surface area contributed by atoms with E-state index in [0.29, 0.717) is 12.5 Å². The highest BCUT2D eigenvalue weighted by Gasteiger charge is 2.25. The van der Waals surface area contributed by atoms with Crippen LogP contribution >= 0.6 is 0 Å². The van der Waals surface area contributed by atoms with Gasteiger partial charge in [0.1, 0.15) is 5.75 Å². The van der Waals surface area contributed by atoms with Crippen LogP contribution < -0.4 is 4.74 Å². The number of benzene rings is 2. The minimum Gasteiger partial charge on any atom is -0.493 e. The number of carbonyl (C=O) groups is 1. The third-order valence-corrected chi connectivity index (χ3v) is 6.14. The van der Waals surface area contributed by atoms with E-state index in [4.69, 9.17) is 9.47 Å². The van der Waals surface area contributed by atoms with Crippen LogP contribution in [0.2, 0.25) is 0 Å². The molecule has 2 aromatic rings. The van der Waals surface area contributed by atoms with Gasteiger partial charge < -0.3 is 14.4 Å². The second-order valence-corrected chi connectivity index (χ2v) is 9.03. The molecule has 5 heteroatoms. The van der Waals surface area contributed by atoms with Crippen LogP contribution in [0.5, 0.6) is 5.75 Å². The Kier molecular flexibility index (Phi) is 7.25. The van der Waals surface area contributed by atoms with Gasteiger partial charge in [0.2, 0.25) is 0 Å². The van der Waals surface area contributed by atoms with E-state index in [9.17, 15) is 4.79 Å². The first-order valence-electron chi connectivity index (χ1n) is 11.5. The molecule has 0 N–H and O–H groups in total. The summed E-state index contributed by atoms with van der Waals surface area (Å²) >= 11 is 0. The Morgan fingerprint density at radius 1 is 1.00 bits per heavy atom. The molecule has 31 heavy (non-hydrogen) atoms. The second kappa shape index (κ2) is 10.3. The van der Waals surface area contributed by atoms with Crippen LogP contribution in [0.3, 0.4) is 0 Å². The van der Waals surface area contributed by atoms with E-state index >= 15 is 0 Å². The molecule has 5 nitrogen and oxygen atoms in total. The molecule has 2 fully saturated rings. The van der Waals surface area contributed by atoms with Gasteiger partial charge in [0.15, 0.2) is 0 Å². The zero-order valence-electron chi connectivity index (χ0n) is 18.7. The summed E-state index contributed by atoms with van der Waals surface area (Å²) in [5.41, 5.74) is 2.02. The first kappa shape index (κ1) is 21.8. The predicted molar refractivity (Wildman–Crippen MR) is 122 cm³/mol. The number of hydrogen-bond acceptors (Lipinski definition) is 4. The molecule has 0 radical (unpaired) electrons. The van der Waals surface area contributed by atoms with E-state index in [1.165, 1.54) is 5.56 Å². The normalized spacial score (nSPS) is 24.7. The molecule has 0 bridgehead atoms. The van der Waals surface area contributed by atoms with E-state index in [2.05, 4.69) is 30.9 Å². The topological polar surface area (TPSA) is 42.0 Å². The summed E-state index contributed by atoms with van der Waals surface area (Å²) in [7, 11) is 0. The molecular weight excluding hydrogens is 388 g/mol. The van der Waals surface area contributed by atoms with Crippen LogP contribution in [0.1, 0.15) is 42.6 Å². The Bertz CT molecular complexity index is 829. The Morgan fingerprint density at radius 3 is 2.42 bits per heavy atom. The largest absolute Gasteiger partial charge is 0.493 e. The van der Waals surface area contributed by atoms with Crippen molar-refractivity contribution >= 4 is 5.91 Å². The molecule has 0 saturated carbocycles. The number of nitrogens with zero attached hydrogens (tertiary/aromatic N) is 2. The van der Waals surface area contributed by atoms with Crippen molar-refractivity contribution in [3.63, 3.8) is 0 Å². The van der Waals surface area contributed by atoms with Gasteiger partial charge in [0, 0.05) is 44.2 Å². The summed E-state index contributed by atoms with van der Waals surface area (Å²) in [6.45, 7) is 9.29. The lowest BCUT2D eigenvalue weighted by Gasteiger charge is -2.35. The van der Waals surface area contributed by atoms with Crippen molar-refractivity contribution in [1.82, 2.24) is 9.80 Å². The second-order valence-electron chi connectivity index (χ2n) is 9.03. The van der Waals surface area contributed by atoms with Crippen molar-refractivity contribution in [3.8, 4) is 5.75 Å². The van der Waals surface area contributed by atoms with Crippen molar-refractivity contribution in [2.75, 3.05) is 32.8 Å². The van der Waals surface area contributed by atoms with Crippen LogP contribution in [0, 0.1) is 5.92 Å². The van der Waals surface area contributed by atoms with Gasteiger partial charge in [0.05, 0.1) is 18.8 Å². The summed E-state index contributed by atoms with van der Waals surface area (Å²) < 4.78 is 11.8. The zero-order chi connectivity index (χ0) is 21.6. The minimum absolute atomic E-state index is 0.129.